The van der Waals surface area contributed by atoms with Gasteiger partial charge in [-0.2, -0.15) is 47.9 Å². The first-order valence-electron chi connectivity index (χ1n) is 9.22. The number of hydrogen-bond acceptors (Lipinski definition) is 4. The highest BCUT2D eigenvalue weighted by Crippen LogP contribution is 2.37. The molecule has 0 aliphatic rings. The molecule has 5 nitrogen and oxygen atoms in total. The number of hydrogen-bond donors (Lipinski definition) is 1. The number of alkyl halides is 9. The molecule has 0 atom stereocenters. The SMILES string of the molecule is CC/C(=N\OCc1ccc(C(F)(F)F)cc1C(F)(F)F)c1cc(F)ccc1NS(=O)(=O)C(F)(F)F. The van der Waals surface area contributed by atoms with Gasteiger partial charge in [0.1, 0.15) is 12.4 Å². The van der Waals surface area contributed by atoms with Crippen LogP contribution in [0.5, 0.6) is 0 Å². The molecule has 2 aromatic rings. The van der Waals surface area contributed by atoms with E-state index in [0.29, 0.717) is 30.3 Å². The molecule has 0 aliphatic heterocycles. The lowest BCUT2D eigenvalue weighted by molar-refractivity contribution is -0.143. The summed E-state index contributed by atoms with van der Waals surface area (Å²) in [5, 5.41) is 3.44. The van der Waals surface area contributed by atoms with Crippen molar-refractivity contribution in [2.75, 3.05) is 4.72 Å². The summed E-state index contributed by atoms with van der Waals surface area (Å²) in [5.41, 5.74) is -11.3. The molecule has 1 N–H and O–H groups in total. The standard InChI is InChI=1S/C19H14F10N2O3S/c1-2-15(13-8-12(20)5-6-16(13)31-35(32,33)19(27,28)29)30-34-9-10-3-4-11(17(21,22)23)7-14(10)18(24,25)26/h3-8,31H,2,9H2,1H3/b30-15+. The van der Waals surface area contributed by atoms with Crippen LogP contribution in [-0.4, -0.2) is 19.6 Å². The van der Waals surface area contributed by atoms with Gasteiger partial charge < -0.3 is 4.84 Å². The molecule has 0 unspecified atom stereocenters. The number of nitrogens with one attached hydrogen (secondary N) is 1. The van der Waals surface area contributed by atoms with Crippen LogP contribution in [0.15, 0.2) is 41.6 Å². The highest BCUT2D eigenvalue weighted by molar-refractivity contribution is 7.93. The second-order valence-corrected chi connectivity index (χ2v) is 8.45. The second kappa shape index (κ2) is 9.91. The molecule has 0 saturated carbocycles. The monoisotopic (exact) mass is 540 g/mol. The third-order valence-corrected chi connectivity index (χ3v) is 5.41. The summed E-state index contributed by atoms with van der Waals surface area (Å²) in [6.07, 6.45) is -10.5. The first kappa shape index (κ1) is 28.2. The van der Waals surface area contributed by atoms with E-state index in [1.54, 1.807) is 0 Å². The summed E-state index contributed by atoms with van der Waals surface area (Å²) in [4.78, 5) is 4.77. The van der Waals surface area contributed by atoms with Gasteiger partial charge in [-0.25, -0.2) is 4.39 Å². The van der Waals surface area contributed by atoms with Crippen LogP contribution in [0.25, 0.3) is 0 Å². The van der Waals surface area contributed by atoms with E-state index in [0.717, 1.165) is 0 Å². The van der Waals surface area contributed by atoms with Crippen molar-refractivity contribution in [2.45, 2.75) is 37.8 Å². The molecule has 2 rings (SSSR count). The zero-order valence-corrected chi connectivity index (χ0v) is 18.1. The van der Waals surface area contributed by atoms with Crippen LogP contribution < -0.4 is 4.72 Å². The molecule has 0 aromatic heterocycles. The minimum absolute atomic E-state index is 0.125. The maximum atomic E-state index is 13.7. The molecule has 0 bridgehead atoms. The number of oxime groups is 1. The number of rotatable bonds is 7. The van der Waals surface area contributed by atoms with Gasteiger partial charge in [-0.1, -0.05) is 18.1 Å². The maximum Gasteiger partial charge on any atom is 0.516 e. The van der Waals surface area contributed by atoms with E-state index in [9.17, 15) is 52.3 Å². The fourth-order valence-electron chi connectivity index (χ4n) is 2.67. The van der Waals surface area contributed by atoms with Crippen LogP contribution >= 0.6 is 0 Å². The van der Waals surface area contributed by atoms with Crippen LogP contribution in [0.3, 0.4) is 0 Å². The smallest absolute Gasteiger partial charge is 0.391 e. The van der Waals surface area contributed by atoms with Gasteiger partial charge in [-0.15, -0.1) is 0 Å². The van der Waals surface area contributed by atoms with Crippen molar-refractivity contribution in [3.05, 3.63) is 64.5 Å². The van der Waals surface area contributed by atoms with Crippen molar-refractivity contribution in [2.24, 2.45) is 5.16 Å². The summed E-state index contributed by atoms with van der Waals surface area (Å²) in [7, 11) is -5.91. The molecular weight excluding hydrogens is 526 g/mol. The van der Waals surface area contributed by atoms with Crippen molar-refractivity contribution < 1.29 is 57.2 Å². The lowest BCUT2D eigenvalue weighted by Gasteiger charge is -2.16. The molecule has 0 heterocycles. The van der Waals surface area contributed by atoms with E-state index >= 15 is 0 Å². The van der Waals surface area contributed by atoms with Crippen molar-refractivity contribution in [3.8, 4) is 0 Å². The minimum Gasteiger partial charge on any atom is -0.391 e. The van der Waals surface area contributed by atoms with Gasteiger partial charge in [0.05, 0.1) is 22.5 Å². The number of halogens is 10. The Morgan fingerprint density at radius 3 is 2.09 bits per heavy atom. The van der Waals surface area contributed by atoms with Crippen molar-refractivity contribution in [3.63, 3.8) is 0 Å². The second-order valence-electron chi connectivity index (χ2n) is 6.77. The first-order valence-corrected chi connectivity index (χ1v) is 10.7. The molecule has 2 aromatic carbocycles. The van der Waals surface area contributed by atoms with Crippen molar-refractivity contribution >= 4 is 21.4 Å². The van der Waals surface area contributed by atoms with Crippen LogP contribution in [-0.2, 0) is 33.8 Å². The Bertz CT molecular complexity index is 1200. The van der Waals surface area contributed by atoms with E-state index in [-0.39, 0.29) is 18.2 Å². The zero-order chi connectivity index (χ0) is 26.8. The van der Waals surface area contributed by atoms with E-state index in [4.69, 9.17) is 4.84 Å². The van der Waals surface area contributed by atoms with Gasteiger partial charge >= 0.3 is 27.9 Å². The molecule has 0 fully saturated rings. The largest absolute Gasteiger partial charge is 0.516 e. The average molecular weight is 540 g/mol. The summed E-state index contributed by atoms with van der Waals surface area (Å²) < 4.78 is 154. The van der Waals surface area contributed by atoms with E-state index in [1.807, 2.05) is 0 Å². The Labute approximate surface area is 191 Å². The predicted octanol–water partition coefficient (Wildman–Crippen LogP) is 6.46. The fourth-order valence-corrected chi connectivity index (χ4v) is 3.26. The Kier molecular flexibility index (Phi) is 7.98. The van der Waals surface area contributed by atoms with E-state index in [2.05, 4.69) is 5.16 Å². The Balaban J connectivity index is 2.41. The van der Waals surface area contributed by atoms with E-state index < -0.39 is 68.2 Å². The molecule has 16 heteroatoms. The maximum absolute atomic E-state index is 13.7. The summed E-state index contributed by atoms with van der Waals surface area (Å²) in [5.74, 6) is -1.02. The molecule has 194 valence electrons. The minimum atomic E-state index is -5.91. The third-order valence-electron chi connectivity index (χ3n) is 4.31. The van der Waals surface area contributed by atoms with Gasteiger partial charge in [-0.05, 0) is 36.8 Å². The van der Waals surface area contributed by atoms with Gasteiger partial charge in [0.15, 0.2) is 0 Å². The van der Waals surface area contributed by atoms with Gasteiger partial charge in [0.2, 0.25) is 0 Å². The molecule has 0 amide bonds. The lowest BCUT2D eigenvalue weighted by atomic mass is 10.0. The third kappa shape index (κ3) is 6.99. The van der Waals surface area contributed by atoms with Crippen molar-refractivity contribution in [1.82, 2.24) is 0 Å². The lowest BCUT2D eigenvalue weighted by Crippen LogP contribution is -2.30. The van der Waals surface area contributed by atoms with Crippen LogP contribution in [0, 0.1) is 5.82 Å². The molecule has 0 spiro atoms. The van der Waals surface area contributed by atoms with Crippen LogP contribution in [0.2, 0.25) is 0 Å². The zero-order valence-electron chi connectivity index (χ0n) is 17.2. The molecular formula is C19H14F10N2O3S. The van der Waals surface area contributed by atoms with Crippen LogP contribution in [0.4, 0.5) is 49.6 Å². The summed E-state index contributed by atoms with van der Waals surface area (Å²) in [6, 6.07) is 2.69. The van der Waals surface area contributed by atoms with Crippen molar-refractivity contribution in [1.29, 1.82) is 0 Å². The summed E-state index contributed by atoms with van der Waals surface area (Å²) in [6.45, 7) is 0.323. The summed E-state index contributed by atoms with van der Waals surface area (Å²) >= 11 is 0. The Hall–Kier alpha value is -3.04. The highest BCUT2D eigenvalue weighted by atomic mass is 32.2. The Morgan fingerprint density at radius 2 is 1.57 bits per heavy atom. The van der Waals surface area contributed by atoms with Crippen LogP contribution in [0.1, 0.15) is 35.6 Å². The van der Waals surface area contributed by atoms with Gasteiger partial charge in [-0.3, -0.25) is 4.72 Å². The molecule has 0 saturated heterocycles. The molecule has 0 aliphatic carbocycles. The number of nitrogens with zero attached hydrogens (tertiary/aromatic N) is 1. The van der Waals surface area contributed by atoms with E-state index in [1.165, 1.54) is 11.6 Å². The number of anilines is 1. The fraction of sp³-hybridized carbons (Fsp3) is 0.316. The highest BCUT2D eigenvalue weighted by Gasteiger charge is 2.46. The first-order chi connectivity index (χ1) is 15.9. The molecule has 35 heavy (non-hydrogen) atoms. The normalized spacial score (nSPS) is 13.6. The number of benzene rings is 2. The average Bonchev–Trinajstić information content (AvgIpc) is 2.70. The molecule has 0 radical (unpaired) electrons. The Morgan fingerprint density at radius 1 is 0.943 bits per heavy atom. The number of sulfonamides is 1. The van der Waals surface area contributed by atoms with Gasteiger partial charge in [0, 0.05) is 11.1 Å². The van der Waals surface area contributed by atoms with Gasteiger partial charge in [0.25, 0.3) is 0 Å². The topological polar surface area (TPSA) is 67.8 Å². The predicted molar refractivity (Wildman–Crippen MR) is 103 cm³/mol. The quantitative estimate of drug-likeness (QED) is 0.249.